The molecule has 0 unspecified atom stereocenters. The van der Waals surface area contributed by atoms with E-state index in [9.17, 15) is 18.7 Å². The van der Waals surface area contributed by atoms with Gasteiger partial charge in [-0.25, -0.2) is 0 Å². The molecular formula is C4H5F2O3-. The molecule has 0 spiro atoms. The minimum atomic E-state index is -4.14. The summed E-state index contributed by atoms with van der Waals surface area (Å²) in [5.41, 5.74) is 0. The number of carboxylic acid groups (broad SMARTS) is 1. The van der Waals surface area contributed by atoms with Gasteiger partial charge in [0, 0.05) is 0 Å². The van der Waals surface area contributed by atoms with Crippen LogP contribution in [0.3, 0.4) is 0 Å². The van der Waals surface area contributed by atoms with Crippen LogP contribution in [0.1, 0.15) is 6.92 Å². The lowest BCUT2D eigenvalue weighted by atomic mass is 10.6. The molecule has 0 fully saturated rings. The molecule has 0 saturated heterocycles. The summed E-state index contributed by atoms with van der Waals surface area (Å²) >= 11 is 0. The molecule has 0 aliphatic carbocycles. The Kier molecular flexibility index (Phi) is 2.51. The summed E-state index contributed by atoms with van der Waals surface area (Å²) in [6, 6.07) is 0. The van der Waals surface area contributed by atoms with Crippen molar-refractivity contribution in [1.29, 1.82) is 0 Å². The first-order valence-electron chi connectivity index (χ1n) is 2.24. The van der Waals surface area contributed by atoms with Crippen LogP contribution in [0.25, 0.3) is 0 Å². The summed E-state index contributed by atoms with van der Waals surface area (Å²) < 4.78 is 26.8. The van der Waals surface area contributed by atoms with Crippen LogP contribution in [0.5, 0.6) is 0 Å². The van der Waals surface area contributed by atoms with E-state index in [0.717, 1.165) is 0 Å². The first kappa shape index (κ1) is 8.29. The van der Waals surface area contributed by atoms with Crippen molar-refractivity contribution >= 4 is 5.97 Å². The van der Waals surface area contributed by atoms with Gasteiger partial charge < -0.3 is 14.6 Å². The summed E-state index contributed by atoms with van der Waals surface area (Å²) in [7, 11) is 0. The molecule has 0 atom stereocenters. The largest absolute Gasteiger partial charge is 0.542 e. The van der Waals surface area contributed by atoms with E-state index in [0.29, 0.717) is 0 Å². The third-order valence-electron chi connectivity index (χ3n) is 0.563. The summed E-state index contributed by atoms with van der Waals surface area (Å²) in [6.45, 7) is 0.901. The van der Waals surface area contributed by atoms with Gasteiger partial charge in [-0.05, 0) is 6.92 Å². The molecule has 0 amide bonds. The van der Waals surface area contributed by atoms with Crippen LogP contribution >= 0.6 is 0 Å². The van der Waals surface area contributed by atoms with Gasteiger partial charge in [0.25, 0.3) is 0 Å². The van der Waals surface area contributed by atoms with Gasteiger partial charge >= 0.3 is 6.11 Å². The average Bonchev–Trinajstić information content (AvgIpc) is 1.65. The van der Waals surface area contributed by atoms with Gasteiger partial charge in [-0.3, -0.25) is 0 Å². The minimum Gasteiger partial charge on any atom is -0.542 e. The van der Waals surface area contributed by atoms with Crippen molar-refractivity contribution in [3.05, 3.63) is 0 Å². The molecule has 0 rings (SSSR count). The zero-order chi connectivity index (χ0) is 7.49. The van der Waals surface area contributed by atoms with E-state index >= 15 is 0 Å². The Bertz CT molecular complexity index is 112. The fourth-order valence-electron chi connectivity index (χ4n) is 0.240. The number of carbonyl (C=O) groups excluding carboxylic acids is 1. The van der Waals surface area contributed by atoms with Crippen LogP contribution in [0.4, 0.5) is 8.78 Å². The SMILES string of the molecule is CCOC(F)(F)C(=O)[O-]. The quantitative estimate of drug-likeness (QED) is 0.522. The minimum absolute atomic E-state index is 0.360. The Morgan fingerprint density at radius 2 is 2.22 bits per heavy atom. The highest BCUT2D eigenvalue weighted by Gasteiger charge is 2.31. The van der Waals surface area contributed by atoms with E-state index in [-0.39, 0.29) is 6.61 Å². The molecule has 0 bridgehead atoms. The zero-order valence-electron chi connectivity index (χ0n) is 4.69. The fourth-order valence-corrected chi connectivity index (χ4v) is 0.240. The van der Waals surface area contributed by atoms with Crippen molar-refractivity contribution in [2.75, 3.05) is 6.61 Å². The van der Waals surface area contributed by atoms with Crippen molar-refractivity contribution in [3.63, 3.8) is 0 Å². The second-order valence-electron chi connectivity index (χ2n) is 1.24. The number of carboxylic acids is 1. The molecule has 5 heteroatoms. The maximum atomic E-state index is 11.7. The van der Waals surface area contributed by atoms with Gasteiger partial charge in [-0.1, -0.05) is 0 Å². The number of hydrogen-bond donors (Lipinski definition) is 0. The first-order valence-corrected chi connectivity index (χ1v) is 2.24. The number of hydrogen-bond acceptors (Lipinski definition) is 3. The number of halogens is 2. The molecule has 0 N–H and O–H groups in total. The zero-order valence-corrected chi connectivity index (χ0v) is 4.69. The summed E-state index contributed by atoms with van der Waals surface area (Å²) in [4.78, 5) is 9.42. The number of carbonyl (C=O) groups is 1. The Morgan fingerprint density at radius 3 is 2.33 bits per heavy atom. The Hall–Kier alpha value is -0.710. The van der Waals surface area contributed by atoms with E-state index in [1.54, 1.807) is 0 Å². The predicted octanol–water partition coefficient (Wildman–Crippen LogP) is -0.634. The highest BCUT2D eigenvalue weighted by molar-refractivity contribution is 5.71. The maximum Gasteiger partial charge on any atom is 0.397 e. The lowest BCUT2D eigenvalue weighted by Gasteiger charge is -2.15. The first-order chi connectivity index (χ1) is 4.00. The number of ether oxygens (including phenoxy) is 1. The van der Waals surface area contributed by atoms with E-state index < -0.39 is 12.1 Å². The van der Waals surface area contributed by atoms with Crippen molar-refractivity contribution in [3.8, 4) is 0 Å². The maximum absolute atomic E-state index is 11.7. The van der Waals surface area contributed by atoms with Crippen molar-refractivity contribution in [1.82, 2.24) is 0 Å². The van der Waals surface area contributed by atoms with Crippen LogP contribution in [0.2, 0.25) is 0 Å². The summed E-state index contributed by atoms with van der Waals surface area (Å²) in [5, 5.41) is 9.42. The van der Waals surface area contributed by atoms with Crippen LogP contribution in [0, 0.1) is 0 Å². The number of alkyl halides is 2. The van der Waals surface area contributed by atoms with E-state index in [4.69, 9.17) is 0 Å². The summed E-state index contributed by atoms with van der Waals surface area (Å²) in [5.74, 6) is -2.51. The van der Waals surface area contributed by atoms with Crippen LogP contribution < -0.4 is 5.11 Å². The van der Waals surface area contributed by atoms with Crippen molar-refractivity contribution in [2.24, 2.45) is 0 Å². The molecule has 0 radical (unpaired) electrons. The third-order valence-corrected chi connectivity index (χ3v) is 0.563. The molecule has 0 aliphatic rings. The lowest BCUT2D eigenvalue weighted by molar-refractivity contribution is -0.362. The highest BCUT2D eigenvalue weighted by Crippen LogP contribution is 2.12. The predicted molar refractivity (Wildman–Crippen MR) is 21.6 cm³/mol. The van der Waals surface area contributed by atoms with Gasteiger partial charge in [0.1, 0.15) is 5.97 Å². The van der Waals surface area contributed by atoms with E-state index in [2.05, 4.69) is 4.74 Å². The van der Waals surface area contributed by atoms with Gasteiger partial charge in [0.2, 0.25) is 0 Å². The molecule has 0 heterocycles. The monoisotopic (exact) mass is 139 g/mol. The Balaban J connectivity index is 3.85. The second kappa shape index (κ2) is 2.72. The normalized spacial score (nSPS) is 11.4. The van der Waals surface area contributed by atoms with Gasteiger partial charge in [-0.2, -0.15) is 8.78 Å². The number of aliphatic carboxylic acids is 1. The molecule has 0 aliphatic heterocycles. The van der Waals surface area contributed by atoms with Gasteiger partial charge in [-0.15, -0.1) is 0 Å². The van der Waals surface area contributed by atoms with Crippen LogP contribution in [-0.4, -0.2) is 18.7 Å². The van der Waals surface area contributed by atoms with Crippen molar-refractivity contribution < 1.29 is 23.4 Å². The lowest BCUT2D eigenvalue weighted by Crippen LogP contribution is -2.43. The topological polar surface area (TPSA) is 49.4 Å². The molecule has 0 aromatic carbocycles. The van der Waals surface area contributed by atoms with Gasteiger partial charge in [0.15, 0.2) is 0 Å². The third kappa shape index (κ3) is 2.36. The fraction of sp³-hybridized carbons (Fsp3) is 0.750. The number of rotatable bonds is 3. The molecule has 0 saturated carbocycles. The summed E-state index contributed by atoms with van der Waals surface area (Å²) in [6.07, 6.45) is -4.14. The Morgan fingerprint density at radius 1 is 1.78 bits per heavy atom. The molecule has 3 nitrogen and oxygen atoms in total. The Labute approximate surface area is 50.2 Å². The van der Waals surface area contributed by atoms with Crippen LogP contribution in [-0.2, 0) is 9.53 Å². The van der Waals surface area contributed by atoms with E-state index in [1.165, 1.54) is 6.92 Å². The molecule has 0 aromatic rings. The molecule has 9 heavy (non-hydrogen) atoms. The van der Waals surface area contributed by atoms with Crippen molar-refractivity contribution in [2.45, 2.75) is 13.0 Å². The average molecular weight is 139 g/mol. The highest BCUT2D eigenvalue weighted by atomic mass is 19.3. The van der Waals surface area contributed by atoms with E-state index in [1.807, 2.05) is 0 Å². The second-order valence-corrected chi connectivity index (χ2v) is 1.24. The smallest absolute Gasteiger partial charge is 0.397 e. The standard InChI is InChI=1S/C4H6F2O3/c1-2-9-4(5,6)3(7)8/h2H2,1H3,(H,7,8)/p-1. The molecular weight excluding hydrogens is 134 g/mol. The molecule has 54 valence electrons. The molecule has 0 aromatic heterocycles. The van der Waals surface area contributed by atoms with Crippen LogP contribution in [0.15, 0.2) is 0 Å². The van der Waals surface area contributed by atoms with Gasteiger partial charge in [0.05, 0.1) is 6.61 Å².